The van der Waals surface area contributed by atoms with Gasteiger partial charge in [0.25, 0.3) is 0 Å². The molecule has 0 bridgehead atoms. The van der Waals surface area contributed by atoms with Gasteiger partial charge < -0.3 is 10.2 Å². The Morgan fingerprint density at radius 1 is 1.17 bits per heavy atom. The molecule has 5 heteroatoms. The van der Waals surface area contributed by atoms with Crippen LogP contribution in [0.5, 0.6) is 0 Å². The van der Waals surface area contributed by atoms with E-state index in [0.717, 1.165) is 0 Å². The summed E-state index contributed by atoms with van der Waals surface area (Å²) in [6.07, 6.45) is 1.51. The highest BCUT2D eigenvalue weighted by atomic mass is 19.1. The van der Waals surface area contributed by atoms with Crippen molar-refractivity contribution in [2.24, 2.45) is 0 Å². The molecule has 1 rings (SSSR count). The minimum absolute atomic E-state index is 0.0104. The minimum Gasteiger partial charge on any atom is -0.340 e. The van der Waals surface area contributed by atoms with Crippen LogP contribution in [0.1, 0.15) is 47.0 Å². The summed E-state index contributed by atoms with van der Waals surface area (Å²) in [4.78, 5) is 26.3. The molecule has 18 heavy (non-hydrogen) atoms. The molecule has 0 radical (unpaired) electrons. The average Bonchev–Trinajstić information content (AvgIpc) is 2.37. The fourth-order valence-corrected chi connectivity index (χ4v) is 2.63. The van der Waals surface area contributed by atoms with Gasteiger partial charge in [0.2, 0.25) is 11.8 Å². The number of carbonyl (C=O) groups is 2. The van der Waals surface area contributed by atoms with Crippen molar-refractivity contribution in [3.63, 3.8) is 0 Å². The molecule has 1 atom stereocenters. The second-order valence-corrected chi connectivity index (χ2v) is 5.02. The maximum atomic E-state index is 12.7. The van der Waals surface area contributed by atoms with Gasteiger partial charge in [-0.25, -0.2) is 4.39 Å². The highest BCUT2D eigenvalue weighted by molar-refractivity contribution is 6.02. The van der Waals surface area contributed by atoms with Crippen molar-refractivity contribution in [1.82, 2.24) is 10.2 Å². The Kier molecular flexibility index (Phi) is 4.35. The molecule has 0 aromatic heterocycles. The van der Waals surface area contributed by atoms with Gasteiger partial charge in [-0.05, 0) is 26.2 Å². The minimum atomic E-state index is -0.903. The predicted octanol–water partition coefficient (Wildman–Crippen LogP) is 1.64. The van der Waals surface area contributed by atoms with Gasteiger partial charge in [-0.1, -0.05) is 20.8 Å². The van der Waals surface area contributed by atoms with Crippen LogP contribution in [0.15, 0.2) is 0 Å². The van der Waals surface area contributed by atoms with Crippen molar-refractivity contribution >= 4 is 11.8 Å². The van der Waals surface area contributed by atoms with Crippen molar-refractivity contribution in [2.75, 3.05) is 13.2 Å². The summed E-state index contributed by atoms with van der Waals surface area (Å²) in [5.41, 5.74) is -1.79. The standard InChI is InChI=1S/C13H23FN2O2/c1-5-12(4)11(18)16(9-8-14)13(6-2,7-3)10(17)15-12/h5-9H2,1-4H3,(H,15,17). The summed E-state index contributed by atoms with van der Waals surface area (Å²) >= 11 is 0. The first-order valence-electron chi connectivity index (χ1n) is 6.62. The number of amides is 2. The average molecular weight is 258 g/mol. The summed E-state index contributed by atoms with van der Waals surface area (Å²) in [6.45, 7) is 6.63. The first-order chi connectivity index (χ1) is 8.41. The van der Waals surface area contributed by atoms with Crippen LogP contribution in [0.4, 0.5) is 4.39 Å². The number of carbonyl (C=O) groups excluding carboxylic acids is 2. The quantitative estimate of drug-likeness (QED) is 0.815. The lowest BCUT2D eigenvalue weighted by molar-refractivity contribution is -0.163. The molecular weight excluding hydrogens is 235 g/mol. The summed E-state index contributed by atoms with van der Waals surface area (Å²) < 4.78 is 12.7. The first kappa shape index (κ1) is 14.9. The molecule has 4 nitrogen and oxygen atoms in total. The molecule has 1 unspecified atom stereocenters. The zero-order chi connectivity index (χ0) is 14.0. The SMILES string of the molecule is CCC1(C)NC(=O)C(CC)(CC)N(CCF)C1=O. The van der Waals surface area contributed by atoms with Crippen LogP contribution in [0, 0.1) is 0 Å². The summed E-state index contributed by atoms with van der Waals surface area (Å²) in [5.74, 6) is -0.337. The Morgan fingerprint density at radius 2 is 1.72 bits per heavy atom. The van der Waals surface area contributed by atoms with Gasteiger partial charge >= 0.3 is 0 Å². The van der Waals surface area contributed by atoms with Crippen molar-refractivity contribution in [3.05, 3.63) is 0 Å². The molecule has 0 aromatic carbocycles. The molecule has 0 saturated carbocycles. The lowest BCUT2D eigenvalue weighted by atomic mass is 9.81. The molecule has 1 N–H and O–H groups in total. The number of halogens is 1. The van der Waals surface area contributed by atoms with Gasteiger partial charge in [0, 0.05) is 0 Å². The third-order valence-corrected chi connectivity index (χ3v) is 4.23. The summed E-state index contributed by atoms with van der Waals surface area (Å²) in [5, 5.41) is 2.82. The van der Waals surface area contributed by atoms with E-state index in [-0.39, 0.29) is 18.4 Å². The van der Waals surface area contributed by atoms with Gasteiger partial charge in [-0.2, -0.15) is 0 Å². The summed E-state index contributed by atoms with van der Waals surface area (Å²) in [6, 6.07) is 0. The fourth-order valence-electron chi connectivity index (χ4n) is 2.63. The second-order valence-electron chi connectivity index (χ2n) is 5.02. The number of rotatable bonds is 5. The number of piperazine rings is 1. The third kappa shape index (κ3) is 1.99. The lowest BCUT2D eigenvalue weighted by Crippen LogP contribution is -2.74. The van der Waals surface area contributed by atoms with E-state index in [9.17, 15) is 14.0 Å². The van der Waals surface area contributed by atoms with Crippen molar-refractivity contribution in [2.45, 2.75) is 58.0 Å². The van der Waals surface area contributed by atoms with Crippen LogP contribution < -0.4 is 5.32 Å². The van der Waals surface area contributed by atoms with Crippen LogP contribution in [0.2, 0.25) is 0 Å². The molecule has 1 aliphatic heterocycles. The zero-order valence-corrected chi connectivity index (χ0v) is 11.7. The molecule has 0 spiro atoms. The molecule has 1 heterocycles. The van der Waals surface area contributed by atoms with Crippen LogP contribution >= 0.6 is 0 Å². The van der Waals surface area contributed by atoms with Gasteiger partial charge in [0.15, 0.2) is 0 Å². The van der Waals surface area contributed by atoms with Crippen molar-refractivity contribution in [3.8, 4) is 0 Å². The van der Waals surface area contributed by atoms with Crippen molar-refractivity contribution < 1.29 is 14.0 Å². The largest absolute Gasteiger partial charge is 0.340 e. The molecule has 104 valence electrons. The predicted molar refractivity (Wildman–Crippen MR) is 67.8 cm³/mol. The molecule has 1 fully saturated rings. The summed E-state index contributed by atoms with van der Waals surface area (Å²) in [7, 11) is 0. The molecule has 0 aliphatic carbocycles. The molecule has 0 aromatic rings. The van der Waals surface area contributed by atoms with E-state index in [1.165, 1.54) is 4.90 Å². The van der Waals surface area contributed by atoms with Gasteiger partial charge in [-0.3, -0.25) is 9.59 Å². The van der Waals surface area contributed by atoms with Gasteiger partial charge in [0.1, 0.15) is 17.8 Å². The van der Waals surface area contributed by atoms with Crippen molar-refractivity contribution in [1.29, 1.82) is 0 Å². The van der Waals surface area contributed by atoms with E-state index in [2.05, 4.69) is 5.32 Å². The van der Waals surface area contributed by atoms with E-state index in [4.69, 9.17) is 0 Å². The first-order valence-corrected chi connectivity index (χ1v) is 6.62. The highest BCUT2D eigenvalue weighted by Gasteiger charge is 2.54. The zero-order valence-electron chi connectivity index (χ0n) is 11.7. The Morgan fingerprint density at radius 3 is 2.11 bits per heavy atom. The molecule has 1 saturated heterocycles. The number of nitrogens with zero attached hydrogens (tertiary/aromatic N) is 1. The topological polar surface area (TPSA) is 49.4 Å². The second kappa shape index (κ2) is 5.24. The maximum Gasteiger partial charge on any atom is 0.249 e. The fraction of sp³-hybridized carbons (Fsp3) is 0.846. The highest BCUT2D eigenvalue weighted by Crippen LogP contribution is 2.33. The third-order valence-electron chi connectivity index (χ3n) is 4.23. The number of nitrogens with one attached hydrogen (secondary N) is 1. The lowest BCUT2D eigenvalue weighted by Gasteiger charge is -2.51. The van der Waals surface area contributed by atoms with Gasteiger partial charge in [-0.15, -0.1) is 0 Å². The van der Waals surface area contributed by atoms with E-state index in [0.29, 0.717) is 19.3 Å². The monoisotopic (exact) mass is 258 g/mol. The molecule has 2 amide bonds. The van der Waals surface area contributed by atoms with Gasteiger partial charge in [0.05, 0.1) is 6.54 Å². The number of alkyl halides is 1. The normalized spacial score (nSPS) is 27.3. The Hall–Kier alpha value is -1.13. The van der Waals surface area contributed by atoms with E-state index in [1.807, 2.05) is 20.8 Å². The van der Waals surface area contributed by atoms with Crippen LogP contribution in [0.3, 0.4) is 0 Å². The molecule has 1 aliphatic rings. The maximum absolute atomic E-state index is 12.7. The Bertz CT molecular complexity index is 342. The Balaban J connectivity index is 3.22. The van der Waals surface area contributed by atoms with Crippen LogP contribution in [-0.2, 0) is 9.59 Å². The van der Waals surface area contributed by atoms with Crippen LogP contribution in [0.25, 0.3) is 0 Å². The van der Waals surface area contributed by atoms with Crippen LogP contribution in [-0.4, -0.2) is 41.0 Å². The smallest absolute Gasteiger partial charge is 0.249 e. The molecular formula is C13H23FN2O2. The number of hydrogen-bond donors (Lipinski definition) is 1. The van der Waals surface area contributed by atoms with E-state index < -0.39 is 17.8 Å². The number of hydrogen-bond acceptors (Lipinski definition) is 2. The Labute approximate surface area is 108 Å². The van der Waals surface area contributed by atoms with E-state index in [1.54, 1.807) is 6.92 Å². The van der Waals surface area contributed by atoms with E-state index >= 15 is 0 Å².